The van der Waals surface area contributed by atoms with E-state index in [2.05, 4.69) is 24.1 Å². The molecule has 0 aromatic heterocycles. The number of morpholine rings is 1. The molecule has 1 saturated carbocycles. The molecule has 2 aliphatic rings. The highest BCUT2D eigenvalue weighted by Gasteiger charge is 2.30. The molecule has 0 aromatic carbocycles. The highest BCUT2D eigenvalue weighted by molar-refractivity contribution is 5.75. The number of carbonyl (C=O) groups excluding carboxylic acids is 1. The van der Waals surface area contributed by atoms with Crippen LogP contribution in [0.2, 0.25) is 0 Å². The van der Waals surface area contributed by atoms with Crippen molar-refractivity contribution in [2.45, 2.75) is 64.3 Å². The quantitative estimate of drug-likeness (QED) is 0.711. The maximum absolute atomic E-state index is 12.0. The highest BCUT2D eigenvalue weighted by Crippen LogP contribution is 2.20. The second kappa shape index (κ2) is 7.38. The number of esters is 1. The zero-order chi connectivity index (χ0) is 14.5. The van der Waals surface area contributed by atoms with Gasteiger partial charge in [0.2, 0.25) is 0 Å². The Morgan fingerprint density at radius 3 is 2.55 bits per heavy atom. The van der Waals surface area contributed by atoms with E-state index in [0.717, 1.165) is 26.1 Å². The molecule has 116 valence electrons. The Morgan fingerprint density at radius 1 is 1.35 bits per heavy atom. The Bertz CT molecular complexity index is 310. The summed E-state index contributed by atoms with van der Waals surface area (Å²) in [6, 6.07) is 0.364. The van der Waals surface area contributed by atoms with Gasteiger partial charge >= 0.3 is 5.97 Å². The molecule has 1 saturated heterocycles. The van der Waals surface area contributed by atoms with Crippen molar-refractivity contribution in [3.05, 3.63) is 0 Å². The smallest absolute Gasteiger partial charge is 0.323 e. The van der Waals surface area contributed by atoms with Crippen molar-refractivity contribution in [1.29, 1.82) is 0 Å². The summed E-state index contributed by atoms with van der Waals surface area (Å²) in [5, 5.41) is 3.41. The molecule has 1 aliphatic carbocycles. The first-order valence-corrected chi connectivity index (χ1v) is 7.89. The molecule has 5 nitrogen and oxygen atoms in total. The molecule has 2 fully saturated rings. The number of hydrogen-bond donors (Lipinski definition) is 1. The van der Waals surface area contributed by atoms with E-state index >= 15 is 0 Å². The number of carbonyl (C=O) groups is 1. The minimum atomic E-state index is -0.157. The Hall–Kier alpha value is -0.650. The molecule has 1 heterocycles. The number of nitrogens with one attached hydrogen (secondary N) is 1. The predicted molar refractivity (Wildman–Crippen MR) is 77.6 cm³/mol. The molecular formula is C15H28N2O3. The lowest BCUT2D eigenvalue weighted by molar-refractivity contribution is -0.146. The van der Waals surface area contributed by atoms with Crippen LogP contribution in [0.4, 0.5) is 0 Å². The van der Waals surface area contributed by atoms with E-state index in [1.54, 1.807) is 0 Å². The maximum atomic E-state index is 12.0. The van der Waals surface area contributed by atoms with Gasteiger partial charge in [-0.25, -0.2) is 0 Å². The average Bonchev–Trinajstić information content (AvgIpc) is 3.17. The number of hydrogen-bond acceptors (Lipinski definition) is 5. The minimum absolute atomic E-state index is 0.103. The molecule has 1 N–H and O–H groups in total. The fourth-order valence-corrected chi connectivity index (χ4v) is 2.83. The lowest BCUT2D eigenvalue weighted by Gasteiger charge is -2.35. The van der Waals surface area contributed by atoms with Crippen LogP contribution in [0.5, 0.6) is 0 Å². The fourth-order valence-electron chi connectivity index (χ4n) is 2.83. The van der Waals surface area contributed by atoms with Crippen LogP contribution in [-0.4, -0.2) is 61.4 Å². The van der Waals surface area contributed by atoms with Gasteiger partial charge in [-0.15, -0.1) is 0 Å². The predicted octanol–water partition coefficient (Wildman–Crippen LogP) is 1.17. The van der Waals surface area contributed by atoms with E-state index in [1.807, 2.05) is 6.92 Å². The molecule has 3 atom stereocenters. The van der Waals surface area contributed by atoms with Gasteiger partial charge < -0.3 is 14.8 Å². The van der Waals surface area contributed by atoms with Crippen molar-refractivity contribution < 1.29 is 14.3 Å². The molecule has 3 unspecified atom stereocenters. The van der Waals surface area contributed by atoms with Crippen LogP contribution in [0.15, 0.2) is 0 Å². The fraction of sp³-hybridized carbons (Fsp3) is 0.933. The molecular weight excluding hydrogens is 256 g/mol. The monoisotopic (exact) mass is 284 g/mol. The van der Waals surface area contributed by atoms with Crippen LogP contribution in [0.25, 0.3) is 0 Å². The van der Waals surface area contributed by atoms with Gasteiger partial charge in [0, 0.05) is 25.7 Å². The van der Waals surface area contributed by atoms with Crippen molar-refractivity contribution in [2.24, 2.45) is 0 Å². The first kappa shape index (κ1) is 15.7. The average molecular weight is 284 g/mol. The van der Waals surface area contributed by atoms with Gasteiger partial charge in [-0.05, 0) is 40.0 Å². The molecule has 20 heavy (non-hydrogen) atoms. The zero-order valence-electron chi connectivity index (χ0n) is 12.9. The van der Waals surface area contributed by atoms with Gasteiger partial charge in [0.25, 0.3) is 0 Å². The molecule has 2 rings (SSSR count). The van der Waals surface area contributed by atoms with Crippen molar-refractivity contribution >= 4 is 5.97 Å². The van der Waals surface area contributed by atoms with E-state index in [-0.39, 0.29) is 24.2 Å². The van der Waals surface area contributed by atoms with Gasteiger partial charge in [-0.2, -0.15) is 0 Å². The third-order valence-electron chi connectivity index (χ3n) is 3.81. The molecule has 0 radical (unpaired) electrons. The lowest BCUT2D eigenvalue weighted by Crippen LogP contribution is -2.48. The Kier molecular flexibility index (Phi) is 5.81. The van der Waals surface area contributed by atoms with Crippen LogP contribution in [-0.2, 0) is 14.3 Å². The van der Waals surface area contributed by atoms with Crippen LogP contribution in [0, 0.1) is 0 Å². The summed E-state index contributed by atoms with van der Waals surface area (Å²) in [6.07, 6.45) is 3.73. The van der Waals surface area contributed by atoms with Gasteiger partial charge in [-0.1, -0.05) is 0 Å². The van der Waals surface area contributed by atoms with E-state index in [4.69, 9.17) is 9.47 Å². The van der Waals surface area contributed by atoms with Gasteiger partial charge in [0.05, 0.1) is 18.8 Å². The summed E-state index contributed by atoms with van der Waals surface area (Å²) in [5.41, 5.74) is 0. The summed E-state index contributed by atoms with van der Waals surface area (Å²) in [7, 11) is 0. The third-order valence-corrected chi connectivity index (χ3v) is 3.81. The largest absolute Gasteiger partial charge is 0.465 e. The zero-order valence-corrected chi connectivity index (χ0v) is 12.9. The second-order valence-corrected chi connectivity index (χ2v) is 6.05. The van der Waals surface area contributed by atoms with Crippen molar-refractivity contribution in [1.82, 2.24) is 10.2 Å². The van der Waals surface area contributed by atoms with Crippen LogP contribution in [0.1, 0.15) is 40.0 Å². The van der Waals surface area contributed by atoms with Crippen molar-refractivity contribution in [2.75, 3.05) is 26.2 Å². The number of nitrogens with zero attached hydrogens (tertiary/aromatic N) is 1. The third kappa shape index (κ3) is 5.04. The highest BCUT2D eigenvalue weighted by atomic mass is 16.5. The summed E-state index contributed by atoms with van der Waals surface area (Å²) < 4.78 is 10.9. The summed E-state index contributed by atoms with van der Waals surface area (Å²) >= 11 is 0. The normalized spacial score (nSPS) is 29.1. The summed E-state index contributed by atoms with van der Waals surface area (Å²) in [6.45, 7) is 9.33. The Labute approximate surface area is 122 Å². The second-order valence-electron chi connectivity index (χ2n) is 6.05. The van der Waals surface area contributed by atoms with E-state index in [1.165, 1.54) is 12.8 Å². The number of rotatable bonds is 7. The maximum Gasteiger partial charge on any atom is 0.323 e. The van der Waals surface area contributed by atoms with Crippen LogP contribution < -0.4 is 5.32 Å². The first-order valence-electron chi connectivity index (χ1n) is 7.89. The molecule has 0 aromatic rings. The van der Waals surface area contributed by atoms with Crippen LogP contribution >= 0.6 is 0 Å². The SMILES string of the molecule is CCOC(=O)C(CCN1CC(C)OC(C)C1)NC1CC1. The first-order chi connectivity index (χ1) is 9.58. The van der Waals surface area contributed by atoms with E-state index in [9.17, 15) is 4.79 Å². The topological polar surface area (TPSA) is 50.8 Å². The van der Waals surface area contributed by atoms with Crippen LogP contribution in [0.3, 0.4) is 0 Å². The Morgan fingerprint density at radius 2 is 2.00 bits per heavy atom. The lowest BCUT2D eigenvalue weighted by atomic mass is 10.1. The number of ether oxygens (including phenoxy) is 2. The summed E-state index contributed by atoms with van der Waals surface area (Å²) in [4.78, 5) is 14.4. The molecule has 0 amide bonds. The van der Waals surface area contributed by atoms with Crippen molar-refractivity contribution in [3.63, 3.8) is 0 Å². The standard InChI is InChI=1S/C15H28N2O3/c1-4-19-15(18)14(16-13-5-6-13)7-8-17-9-11(2)20-12(3)10-17/h11-14,16H,4-10H2,1-3H3. The van der Waals surface area contributed by atoms with E-state index < -0.39 is 0 Å². The Balaban J connectivity index is 1.79. The summed E-state index contributed by atoms with van der Waals surface area (Å²) in [5.74, 6) is -0.103. The molecule has 0 spiro atoms. The van der Waals surface area contributed by atoms with Gasteiger partial charge in [-0.3, -0.25) is 9.69 Å². The van der Waals surface area contributed by atoms with Gasteiger partial charge in [0.15, 0.2) is 0 Å². The van der Waals surface area contributed by atoms with Crippen molar-refractivity contribution in [3.8, 4) is 0 Å². The molecule has 1 aliphatic heterocycles. The minimum Gasteiger partial charge on any atom is -0.465 e. The van der Waals surface area contributed by atoms with Gasteiger partial charge in [0.1, 0.15) is 6.04 Å². The molecule has 5 heteroatoms. The molecule has 0 bridgehead atoms. The van der Waals surface area contributed by atoms with E-state index in [0.29, 0.717) is 12.6 Å².